The molecule has 28 heavy (non-hydrogen) atoms. The molecule has 7 heteroatoms. The Labute approximate surface area is 159 Å². The molecule has 0 aliphatic heterocycles. The van der Waals surface area contributed by atoms with Crippen molar-refractivity contribution in [3.05, 3.63) is 101 Å². The van der Waals surface area contributed by atoms with Gasteiger partial charge in [0.05, 0.1) is 0 Å². The van der Waals surface area contributed by atoms with Gasteiger partial charge in [-0.1, -0.05) is 12.1 Å². The second kappa shape index (κ2) is 8.39. The lowest BCUT2D eigenvalue weighted by atomic mass is 10.1. The molecule has 0 radical (unpaired) electrons. The van der Waals surface area contributed by atoms with Crippen molar-refractivity contribution in [2.75, 3.05) is 5.32 Å². The predicted molar refractivity (Wildman–Crippen MR) is 98.3 cm³/mol. The minimum atomic E-state index is -1.06. The van der Waals surface area contributed by atoms with Gasteiger partial charge in [-0.25, -0.2) is 13.2 Å². The minimum absolute atomic E-state index is 0.116. The summed E-state index contributed by atoms with van der Waals surface area (Å²) >= 11 is 0. The van der Waals surface area contributed by atoms with Crippen LogP contribution in [0.3, 0.4) is 0 Å². The first kappa shape index (κ1) is 19.2. The molecule has 0 saturated carbocycles. The molecule has 0 unspecified atom stereocenters. The maximum absolute atomic E-state index is 13.2. The van der Waals surface area contributed by atoms with Crippen molar-refractivity contribution < 1.29 is 22.8 Å². The first-order valence-electron chi connectivity index (χ1n) is 8.31. The lowest BCUT2D eigenvalue weighted by Crippen LogP contribution is -2.23. The van der Waals surface area contributed by atoms with E-state index in [1.165, 1.54) is 42.5 Å². The van der Waals surface area contributed by atoms with Gasteiger partial charge in [-0.3, -0.25) is 9.59 Å². The van der Waals surface area contributed by atoms with Crippen LogP contribution in [0.15, 0.2) is 66.7 Å². The Morgan fingerprint density at radius 2 is 1.32 bits per heavy atom. The number of nitrogens with one attached hydrogen (secondary N) is 2. The van der Waals surface area contributed by atoms with Crippen LogP contribution >= 0.6 is 0 Å². The average Bonchev–Trinajstić information content (AvgIpc) is 2.70. The molecule has 0 saturated heterocycles. The first-order chi connectivity index (χ1) is 13.4. The number of benzene rings is 3. The fourth-order valence-electron chi connectivity index (χ4n) is 2.44. The molecule has 2 N–H and O–H groups in total. The highest BCUT2D eigenvalue weighted by Gasteiger charge is 2.11. The molecule has 0 fully saturated rings. The van der Waals surface area contributed by atoms with E-state index < -0.39 is 17.5 Å². The van der Waals surface area contributed by atoms with Crippen molar-refractivity contribution in [2.45, 2.75) is 6.54 Å². The summed E-state index contributed by atoms with van der Waals surface area (Å²) in [6.07, 6.45) is 0. The van der Waals surface area contributed by atoms with E-state index in [9.17, 15) is 22.8 Å². The summed E-state index contributed by atoms with van der Waals surface area (Å²) in [7, 11) is 0. The van der Waals surface area contributed by atoms with E-state index in [2.05, 4.69) is 10.6 Å². The Kier molecular flexibility index (Phi) is 5.74. The van der Waals surface area contributed by atoms with Crippen molar-refractivity contribution in [1.29, 1.82) is 0 Å². The quantitative estimate of drug-likeness (QED) is 0.690. The molecule has 3 aromatic rings. The Morgan fingerprint density at radius 3 is 1.93 bits per heavy atom. The molecule has 2 amide bonds. The molecule has 3 rings (SSSR count). The number of halogens is 3. The number of carbonyl (C=O) groups is 2. The van der Waals surface area contributed by atoms with Crippen LogP contribution in [0.5, 0.6) is 0 Å². The van der Waals surface area contributed by atoms with Gasteiger partial charge in [-0.2, -0.15) is 0 Å². The van der Waals surface area contributed by atoms with Gasteiger partial charge >= 0.3 is 0 Å². The predicted octanol–water partition coefficient (Wildman–Crippen LogP) is 4.29. The fraction of sp³-hybridized carbons (Fsp3) is 0.0476. The topological polar surface area (TPSA) is 58.2 Å². The van der Waals surface area contributed by atoms with Gasteiger partial charge in [0.1, 0.15) is 5.82 Å². The Hall–Kier alpha value is -3.61. The molecular weight excluding hydrogens is 369 g/mol. The van der Waals surface area contributed by atoms with Crippen LogP contribution in [0.25, 0.3) is 0 Å². The summed E-state index contributed by atoms with van der Waals surface area (Å²) in [6, 6.07) is 14.6. The summed E-state index contributed by atoms with van der Waals surface area (Å²) < 4.78 is 39.0. The maximum atomic E-state index is 13.2. The molecule has 0 aromatic heterocycles. The van der Waals surface area contributed by atoms with Gasteiger partial charge in [0, 0.05) is 29.4 Å². The number of hydrogen-bond acceptors (Lipinski definition) is 2. The lowest BCUT2D eigenvalue weighted by molar-refractivity contribution is 0.0949. The van der Waals surface area contributed by atoms with Crippen molar-refractivity contribution in [2.24, 2.45) is 0 Å². The molecular formula is C21H15F3N2O2. The molecule has 0 heterocycles. The van der Waals surface area contributed by atoms with Crippen LogP contribution in [0, 0.1) is 17.5 Å². The van der Waals surface area contributed by atoms with E-state index in [-0.39, 0.29) is 29.5 Å². The zero-order valence-corrected chi connectivity index (χ0v) is 14.5. The Bertz CT molecular complexity index is 1000. The van der Waals surface area contributed by atoms with Crippen molar-refractivity contribution in [1.82, 2.24) is 5.32 Å². The molecule has 0 bridgehead atoms. The summed E-state index contributed by atoms with van der Waals surface area (Å²) in [6.45, 7) is 0.234. The smallest absolute Gasteiger partial charge is 0.255 e. The third-order valence-corrected chi connectivity index (χ3v) is 3.95. The molecule has 0 atom stereocenters. The monoisotopic (exact) mass is 384 g/mol. The third-order valence-electron chi connectivity index (χ3n) is 3.95. The molecule has 0 spiro atoms. The SMILES string of the molecule is O=C(NCc1ccc(F)cc1)c1ccc(C(=O)Nc2ccc(F)c(F)c2)cc1. The Balaban J connectivity index is 1.60. The van der Waals surface area contributed by atoms with Gasteiger partial charge < -0.3 is 10.6 Å². The molecule has 0 aliphatic carbocycles. The normalized spacial score (nSPS) is 10.4. The highest BCUT2D eigenvalue weighted by atomic mass is 19.2. The summed E-state index contributed by atoms with van der Waals surface area (Å²) in [5.74, 6) is -3.30. The second-order valence-corrected chi connectivity index (χ2v) is 5.97. The lowest BCUT2D eigenvalue weighted by Gasteiger charge is -2.08. The molecule has 4 nitrogen and oxygen atoms in total. The van der Waals surface area contributed by atoms with Gasteiger partial charge in [-0.15, -0.1) is 0 Å². The summed E-state index contributed by atoms with van der Waals surface area (Å²) in [5.41, 5.74) is 1.45. The second-order valence-electron chi connectivity index (χ2n) is 5.97. The Morgan fingerprint density at radius 1 is 0.714 bits per heavy atom. The van der Waals surface area contributed by atoms with E-state index in [1.54, 1.807) is 12.1 Å². The van der Waals surface area contributed by atoms with Crippen molar-refractivity contribution in [3.63, 3.8) is 0 Å². The van der Waals surface area contributed by atoms with Crippen LogP contribution < -0.4 is 10.6 Å². The van der Waals surface area contributed by atoms with Gasteiger partial charge in [0.25, 0.3) is 11.8 Å². The average molecular weight is 384 g/mol. The van der Waals surface area contributed by atoms with Crippen molar-refractivity contribution >= 4 is 17.5 Å². The number of amides is 2. The largest absolute Gasteiger partial charge is 0.348 e. The zero-order chi connectivity index (χ0) is 20.1. The highest BCUT2D eigenvalue weighted by molar-refractivity contribution is 6.05. The van der Waals surface area contributed by atoms with Gasteiger partial charge in [-0.05, 0) is 54.1 Å². The highest BCUT2D eigenvalue weighted by Crippen LogP contribution is 2.15. The number of hydrogen-bond donors (Lipinski definition) is 2. The zero-order valence-electron chi connectivity index (χ0n) is 14.5. The molecule has 142 valence electrons. The molecule has 0 aliphatic rings. The van der Waals surface area contributed by atoms with Crippen LogP contribution in [0.4, 0.5) is 18.9 Å². The van der Waals surface area contributed by atoms with Crippen LogP contribution in [-0.4, -0.2) is 11.8 Å². The number of anilines is 1. The summed E-state index contributed by atoms with van der Waals surface area (Å²) in [4.78, 5) is 24.3. The standard InChI is InChI=1S/C21H15F3N2O2/c22-16-7-1-13(2-8-16)12-25-20(27)14-3-5-15(6-4-14)21(28)26-17-9-10-18(23)19(24)11-17/h1-11H,12H2,(H,25,27)(H,26,28). The third kappa shape index (κ3) is 4.76. The summed E-state index contributed by atoms with van der Waals surface area (Å²) in [5, 5.41) is 5.14. The van der Waals surface area contributed by atoms with Gasteiger partial charge in [0.2, 0.25) is 0 Å². The van der Waals surface area contributed by atoms with Gasteiger partial charge in [0.15, 0.2) is 11.6 Å². The van der Waals surface area contributed by atoms with E-state index in [4.69, 9.17) is 0 Å². The van der Waals surface area contributed by atoms with Crippen LogP contribution in [0.1, 0.15) is 26.3 Å². The van der Waals surface area contributed by atoms with E-state index in [1.807, 2.05) is 0 Å². The van der Waals surface area contributed by atoms with Crippen molar-refractivity contribution in [3.8, 4) is 0 Å². The van der Waals surface area contributed by atoms with Crippen LogP contribution in [0.2, 0.25) is 0 Å². The minimum Gasteiger partial charge on any atom is -0.348 e. The molecule has 3 aromatic carbocycles. The van der Waals surface area contributed by atoms with E-state index in [0.29, 0.717) is 5.56 Å². The van der Waals surface area contributed by atoms with E-state index in [0.717, 1.165) is 17.7 Å². The van der Waals surface area contributed by atoms with Crippen LogP contribution in [-0.2, 0) is 6.54 Å². The number of carbonyl (C=O) groups excluding carboxylic acids is 2. The fourth-order valence-corrected chi connectivity index (χ4v) is 2.44. The van der Waals surface area contributed by atoms with E-state index >= 15 is 0 Å². The number of rotatable bonds is 5. The maximum Gasteiger partial charge on any atom is 0.255 e. The first-order valence-corrected chi connectivity index (χ1v) is 8.31.